The van der Waals surface area contributed by atoms with Crippen LogP contribution in [0.3, 0.4) is 0 Å². The molecule has 3 aliphatic carbocycles. The Morgan fingerprint density at radius 3 is 2.42 bits per heavy atom. The highest BCUT2D eigenvalue weighted by molar-refractivity contribution is 6.36. The summed E-state index contributed by atoms with van der Waals surface area (Å²) in [5.41, 5.74) is 0.218. The van der Waals surface area contributed by atoms with Crippen molar-refractivity contribution in [2.75, 3.05) is 53.1 Å². The summed E-state index contributed by atoms with van der Waals surface area (Å²) < 4.78 is 29.3. The number of morpholine rings is 1. The molecule has 7 rings (SSSR count). The molecule has 5 fully saturated rings. The van der Waals surface area contributed by atoms with Crippen LogP contribution in [0.1, 0.15) is 85.8 Å². The van der Waals surface area contributed by atoms with E-state index in [1.54, 1.807) is 6.07 Å². The molecule has 2 saturated heterocycles. The molecule has 14 nitrogen and oxygen atoms in total. The number of fused-ring (bicyclic) bond motifs is 2. The lowest BCUT2D eigenvalue weighted by atomic mass is 9.85. The van der Waals surface area contributed by atoms with Crippen molar-refractivity contribution in [3.05, 3.63) is 34.5 Å². The molecule has 3 amide bonds. The van der Waals surface area contributed by atoms with Gasteiger partial charge < -0.3 is 39.2 Å². The third kappa shape index (κ3) is 9.60. The van der Waals surface area contributed by atoms with Gasteiger partial charge in [0.15, 0.2) is 0 Å². The van der Waals surface area contributed by atoms with E-state index in [-0.39, 0.29) is 25.0 Å². The highest BCUT2D eigenvalue weighted by atomic mass is 35.5. The molecular formula is C44H60ClN5O9. The van der Waals surface area contributed by atoms with Gasteiger partial charge in [0.05, 0.1) is 38.1 Å². The quantitative estimate of drug-likeness (QED) is 0.223. The van der Waals surface area contributed by atoms with Gasteiger partial charge in [-0.25, -0.2) is 14.6 Å². The third-order valence-electron chi connectivity index (χ3n) is 12.6. The van der Waals surface area contributed by atoms with Crippen LogP contribution in [0.15, 0.2) is 23.8 Å². The summed E-state index contributed by atoms with van der Waals surface area (Å²) >= 11 is 7.01. The van der Waals surface area contributed by atoms with Gasteiger partial charge in [0.2, 0.25) is 11.8 Å². The number of carbonyl (C=O) groups excluding carboxylic acids is 4. The fourth-order valence-corrected chi connectivity index (χ4v) is 9.37. The zero-order valence-electron chi connectivity index (χ0n) is 35.4. The van der Waals surface area contributed by atoms with Crippen LogP contribution >= 0.6 is 11.6 Å². The maximum atomic E-state index is 14.8. The number of hydrogen-bond donors (Lipinski definition) is 2. The molecule has 3 saturated carbocycles. The Balaban J connectivity index is 1.15. The van der Waals surface area contributed by atoms with Crippen LogP contribution in [-0.4, -0.2) is 122 Å². The number of rotatable bonds is 14. The monoisotopic (exact) mass is 837 g/mol. The Labute approximate surface area is 352 Å². The molecule has 0 bridgehead atoms. The molecule has 0 spiro atoms. The van der Waals surface area contributed by atoms with E-state index < -0.39 is 53.0 Å². The van der Waals surface area contributed by atoms with Gasteiger partial charge in [-0.15, -0.1) is 0 Å². The number of benzene rings is 1. The van der Waals surface area contributed by atoms with Crippen molar-refractivity contribution in [1.29, 1.82) is 0 Å². The average molecular weight is 838 g/mol. The Bertz CT molecular complexity index is 1950. The minimum atomic E-state index is -1.17. The first kappa shape index (κ1) is 43.0. The Morgan fingerprint density at radius 1 is 1.05 bits per heavy atom. The van der Waals surface area contributed by atoms with E-state index in [0.29, 0.717) is 77.6 Å². The molecule has 1 aromatic heterocycles. The van der Waals surface area contributed by atoms with Crippen molar-refractivity contribution in [3.63, 3.8) is 0 Å². The molecule has 2 N–H and O–H groups in total. The van der Waals surface area contributed by atoms with Gasteiger partial charge in [-0.3, -0.25) is 14.5 Å². The Morgan fingerprint density at radius 2 is 1.78 bits per heavy atom. The van der Waals surface area contributed by atoms with Gasteiger partial charge in [0.1, 0.15) is 53.0 Å². The van der Waals surface area contributed by atoms with Gasteiger partial charge in [-0.2, -0.15) is 0 Å². The number of hydrogen-bond acceptors (Lipinski definition) is 11. The summed E-state index contributed by atoms with van der Waals surface area (Å²) in [5, 5.41) is 6.84. The molecule has 15 heteroatoms. The number of nitrogens with one attached hydrogen (secondary N) is 2. The van der Waals surface area contributed by atoms with Crippen LogP contribution < -0.4 is 20.1 Å². The van der Waals surface area contributed by atoms with Crippen LogP contribution in [0.25, 0.3) is 17.0 Å². The molecule has 2 aromatic rings. The standard InChI is InChI=1S/C44H60ClN5O9/c1-8-28-23-44(28,41(53)55-7)48-39(51)33-22-31(24-50(33)40(52)38(43(4,5)6)47-42(54)59-30-19-26-18-27(26)20-30)58-35-21-29(17-25(2)3)46-37-32(35)9-10-34(36(37)45)57-16-13-49-11-14-56-15-12-49/h9-10,17,21,26-28,30-31,33,38H,8,11-16,18-20,22-24H2,1-7H3,(H,47,54)(H,48,51)/t26-,27+,28-,30?,31-,33+,38-,44-/m1/s1. The second-order valence-corrected chi connectivity index (χ2v) is 18.7. The van der Waals surface area contributed by atoms with E-state index in [1.165, 1.54) is 18.4 Å². The molecule has 1 aromatic carbocycles. The van der Waals surface area contributed by atoms with Crippen molar-refractivity contribution < 1.29 is 42.9 Å². The largest absolute Gasteiger partial charge is 0.491 e. The predicted molar refractivity (Wildman–Crippen MR) is 222 cm³/mol. The van der Waals surface area contributed by atoms with E-state index >= 15 is 0 Å². The molecule has 59 heavy (non-hydrogen) atoms. The summed E-state index contributed by atoms with van der Waals surface area (Å²) in [6, 6.07) is 3.45. The molecule has 5 aliphatic rings. The van der Waals surface area contributed by atoms with E-state index in [0.717, 1.165) is 38.0 Å². The summed E-state index contributed by atoms with van der Waals surface area (Å²) in [5.74, 6) is 0.677. The number of carbonyl (C=O) groups is 4. The number of nitrogens with zero attached hydrogens (tertiary/aromatic N) is 3. The van der Waals surface area contributed by atoms with Gasteiger partial charge in [0.25, 0.3) is 0 Å². The minimum absolute atomic E-state index is 0.0346. The number of aromatic nitrogens is 1. The lowest BCUT2D eigenvalue weighted by Crippen LogP contribution is -2.59. The van der Waals surface area contributed by atoms with E-state index in [1.807, 2.05) is 59.8 Å². The van der Waals surface area contributed by atoms with Crippen LogP contribution in [0.2, 0.25) is 5.02 Å². The summed E-state index contributed by atoms with van der Waals surface area (Å²) in [4.78, 5) is 64.1. The molecule has 1 unspecified atom stereocenters. The second-order valence-electron chi connectivity index (χ2n) is 18.3. The summed E-state index contributed by atoms with van der Waals surface area (Å²) in [7, 11) is 1.30. The first-order valence-corrected chi connectivity index (χ1v) is 21.5. The van der Waals surface area contributed by atoms with Crippen LogP contribution in [0.4, 0.5) is 4.79 Å². The van der Waals surface area contributed by atoms with E-state index in [2.05, 4.69) is 15.5 Å². The first-order valence-electron chi connectivity index (χ1n) is 21.2. The lowest BCUT2D eigenvalue weighted by Gasteiger charge is -2.35. The number of alkyl carbamates (subject to hydrolysis) is 1. The Hall–Kier alpha value is -4.14. The summed E-state index contributed by atoms with van der Waals surface area (Å²) in [6.45, 7) is 15.8. The number of pyridine rings is 1. The van der Waals surface area contributed by atoms with Gasteiger partial charge in [0, 0.05) is 37.5 Å². The van der Waals surface area contributed by atoms with Crippen molar-refractivity contribution in [3.8, 4) is 11.5 Å². The normalized spacial score (nSPS) is 28.0. The van der Waals surface area contributed by atoms with Crippen LogP contribution in [-0.2, 0) is 28.6 Å². The number of ether oxygens (including phenoxy) is 5. The number of methoxy groups -OCH3 is 1. The molecular weight excluding hydrogens is 778 g/mol. The lowest BCUT2D eigenvalue weighted by molar-refractivity contribution is -0.148. The number of likely N-dealkylation sites (tertiary alicyclic amines) is 1. The SMILES string of the molecule is CC[C@@H]1C[C@]1(NC(=O)[C@@H]1C[C@@H](Oc2cc(C=C(C)C)nc3c(Cl)c(OCCN4CCOCC4)ccc23)CN1C(=O)[C@@H](NC(=O)OC1C[C@@H]2C[C@@H]2C1)C(C)(C)C)C(=O)OC. The first-order chi connectivity index (χ1) is 28.1. The summed E-state index contributed by atoms with van der Waals surface area (Å²) in [6.07, 6.45) is 4.55. The molecule has 2 aliphatic heterocycles. The molecule has 8 atom stereocenters. The molecule has 322 valence electrons. The highest BCUT2D eigenvalue weighted by Crippen LogP contribution is 2.52. The Kier molecular flexibility index (Phi) is 12.7. The van der Waals surface area contributed by atoms with E-state index in [9.17, 15) is 19.2 Å². The van der Waals surface area contributed by atoms with Crippen molar-refractivity contribution >= 4 is 52.5 Å². The predicted octanol–water partition coefficient (Wildman–Crippen LogP) is 5.77. The van der Waals surface area contributed by atoms with Gasteiger partial charge in [-0.1, -0.05) is 51.3 Å². The third-order valence-corrected chi connectivity index (χ3v) is 12.9. The van der Waals surface area contributed by atoms with E-state index in [4.69, 9.17) is 40.3 Å². The van der Waals surface area contributed by atoms with Crippen LogP contribution in [0, 0.1) is 23.2 Å². The van der Waals surface area contributed by atoms with Crippen molar-refractivity contribution in [2.24, 2.45) is 23.2 Å². The van der Waals surface area contributed by atoms with Crippen LogP contribution in [0.5, 0.6) is 11.5 Å². The molecule has 3 heterocycles. The average Bonchev–Trinajstić information content (AvgIpc) is 4.00. The molecule has 0 radical (unpaired) electrons. The minimum Gasteiger partial charge on any atom is -0.491 e. The number of esters is 1. The van der Waals surface area contributed by atoms with Gasteiger partial charge >= 0.3 is 12.1 Å². The second kappa shape index (κ2) is 17.5. The van der Waals surface area contributed by atoms with Crippen molar-refractivity contribution in [2.45, 2.75) is 110 Å². The number of allylic oxidation sites excluding steroid dienone is 1. The topological polar surface area (TPSA) is 158 Å². The van der Waals surface area contributed by atoms with Gasteiger partial charge in [-0.05, 0) is 80.9 Å². The number of halogens is 1. The fourth-order valence-electron chi connectivity index (χ4n) is 9.11. The zero-order valence-corrected chi connectivity index (χ0v) is 36.2. The maximum absolute atomic E-state index is 14.8. The maximum Gasteiger partial charge on any atom is 0.408 e. The fraction of sp³-hybridized carbons (Fsp3) is 0.659. The zero-order chi connectivity index (χ0) is 42.2. The van der Waals surface area contributed by atoms with Crippen molar-refractivity contribution in [1.82, 2.24) is 25.4 Å². The number of amides is 3. The smallest absolute Gasteiger partial charge is 0.408 e. The highest BCUT2D eigenvalue weighted by Gasteiger charge is 2.62.